The lowest BCUT2D eigenvalue weighted by Gasteiger charge is -2.24. The number of hydrogen-bond acceptors (Lipinski definition) is 4. The van der Waals surface area contributed by atoms with E-state index >= 15 is 0 Å². The summed E-state index contributed by atoms with van der Waals surface area (Å²) in [7, 11) is -2.48. The van der Waals surface area contributed by atoms with Crippen molar-refractivity contribution in [2.24, 2.45) is 5.41 Å². The number of carbonyl (C=O) groups excluding carboxylic acids is 1. The van der Waals surface area contributed by atoms with E-state index in [1.54, 1.807) is 0 Å². The number of ether oxygens (including phenoxy) is 1. The molecule has 1 N–H and O–H groups in total. The normalized spacial score (nSPS) is 12.1. The summed E-state index contributed by atoms with van der Waals surface area (Å²) in [5, 5.41) is 3.01. The molecule has 0 radical (unpaired) electrons. The van der Waals surface area contributed by atoms with Gasteiger partial charge in [-0.1, -0.05) is 62.7 Å². The number of nitrogens with zero attached hydrogens (tertiary/aromatic N) is 1. The molecule has 2 aromatic carbocycles. The number of methoxy groups -OCH3 is 1. The van der Waals surface area contributed by atoms with Gasteiger partial charge in [0, 0.05) is 13.1 Å². The molecule has 30 heavy (non-hydrogen) atoms. The van der Waals surface area contributed by atoms with E-state index in [-0.39, 0.29) is 34.3 Å². The van der Waals surface area contributed by atoms with Gasteiger partial charge in [0.15, 0.2) is 0 Å². The van der Waals surface area contributed by atoms with E-state index in [0.717, 1.165) is 5.56 Å². The summed E-state index contributed by atoms with van der Waals surface area (Å²) in [5.74, 6) is 0.0375. The summed E-state index contributed by atoms with van der Waals surface area (Å²) in [5.41, 5.74) is 0.882. The Morgan fingerprint density at radius 2 is 1.80 bits per heavy atom. The molecule has 0 fully saturated rings. The smallest absolute Gasteiger partial charge is 0.243 e. The molecule has 0 atom stereocenters. The minimum absolute atomic E-state index is 0.0185. The third kappa shape index (κ3) is 7.00. The number of carbonyl (C=O) groups is 1. The van der Waals surface area contributed by atoms with Crippen molar-refractivity contribution in [3.8, 4) is 5.75 Å². The Hall–Kier alpha value is -2.09. The van der Waals surface area contributed by atoms with Gasteiger partial charge in [-0.2, -0.15) is 4.31 Å². The predicted octanol–water partition coefficient (Wildman–Crippen LogP) is 3.74. The molecule has 6 nitrogen and oxygen atoms in total. The first-order valence-corrected chi connectivity index (χ1v) is 11.5. The number of halogens is 1. The Morgan fingerprint density at radius 3 is 2.37 bits per heavy atom. The van der Waals surface area contributed by atoms with Crippen molar-refractivity contribution in [3.63, 3.8) is 0 Å². The van der Waals surface area contributed by atoms with Crippen molar-refractivity contribution in [3.05, 3.63) is 59.1 Å². The Kier molecular flexibility index (Phi) is 8.29. The first kappa shape index (κ1) is 24.2. The molecular formula is C22H29ClN2O4S. The molecule has 0 aliphatic rings. The van der Waals surface area contributed by atoms with Crippen molar-refractivity contribution in [2.45, 2.75) is 32.1 Å². The molecule has 0 spiro atoms. The maximum absolute atomic E-state index is 13.3. The highest BCUT2D eigenvalue weighted by atomic mass is 35.5. The van der Waals surface area contributed by atoms with E-state index in [1.165, 1.54) is 29.6 Å². The van der Waals surface area contributed by atoms with Crippen molar-refractivity contribution in [1.29, 1.82) is 0 Å². The van der Waals surface area contributed by atoms with Crippen LogP contribution in [0, 0.1) is 5.41 Å². The van der Waals surface area contributed by atoms with Crippen LogP contribution >= 0.6 is 11.6 Å². The second-order valence-corrected chi connectivity index (χ2v) is 10.6. The molecule has 1 amide bonds. The van der Waals surface area contributed by atoms with Gasteiger partial charge in [0.05, 0.1) is 23.6 Å². The predicted molar refractivity (Wildman–Crippen MR) is 119 cm³/mol. The van der Waals surface area contributed by atoms with Crippen molar-refractivity contribution in [1.82, 2.24) is 9.62 Å². The van der Waals surface area contributed by atoms with Crippen molar-refractivity contribution >= 4 is 27.5 Å². The summed E-state index contributed by atoms with van der Waals surface area (Å²) >= 11 is 6.13. The Labute approximate surface area is 184 Å². The molecule has 0 aliphatic heterocycles. The Bertz CT molecular complexity index is 957. The van der Waals surface area contributed by atoms with Crippen LogP contribution in [0.4, 0.5) is 0 Å². The second-order valence-electron chi connectivity index (χ2n) is 8.21. The van der Waals surface area contributed by atoms with Gasteiger partial charge in [0.2, 0.25) is 15.9 Å². The highest BCUT2D eigenvalue weighted by Gasteiger charge is 2.27. The lowest BCUT2D eigenvalue weighted by molar-refractivity contribution is -0.121. The topological polar surface area (TPSA) is 75.7 Å². The van der Waals surface area contributed by atoms with E-state index in [9.17, 15) is 13.2 Å². The van der Waals surface area contributed by atoms with E-state index in [2.05, 4.69) is 5.32 Å². The van der Waals surface area contributed by atoms with E-state index < -0.39 is 10.0 Å². The summed E-state index contributed by atoms with van der Waals surface area (Å²) in [4.78, 5) is 12.5. The summed E-state index contributed by atoms with van der Waals surface area (Å²) in [6.45, 7) is 6.34. The van der Waals surface area contributed by atoms with Gasteiger partial charge >= 0.3 is 0 Å². The standard InChI is InChI=1S/C22H29ClN2O4S/c1-22(2,3)16-24-21(26)15-25(13-12-17-8-6-5-7-9-17)30(27,28)18-10-11-20(29-4)19(23)14-18/h5-11,14H,12-13,15-16H2,1-4H3,(H,24,26). The quantitative estimate of drug-likeness (QED) is 0.628. The lowest BCUT2D eigenvalue weighted by Crippen LogP contribution is -2.43. The van der Waals surface area contributed by atoms with Crippen molar-refractivity contribution < 1.29 is 17.9 Å². The monoisotopic (exact) mass is 452 g/mol. The number of hydrogen-bond donors (Lipinski definition) is 1. The number of sulfonamides is 1. The Morgan fingerprint density at radius 1 is 1.13 bits per heavy atom. The Balaban J connectivity index is 2.26. The van der Waals surface area contributed by atoms with Crippen LogP contribution in [0.25, 0.3) is 0 Å². The summed E-state index contributed by atoms with van der Waals surface area (Å²) < 4.78 is 32.9. The molecule has 2 aromatic rings. The molecule has 0 bridgehead atoms. The zero-order valence-corrected chi connectivity index (χ0v) is 19.4. The number of amides is 1. The van der Waals surface area contributed by atoms with Crippen LogP contribution in [0.5, 0.6) is 5.75 Å². The van der Waals surface area contributed by atoms with Crippen LogP contribution in [0.3, 0.4) is 0 Å². The maximum Gasteiger partial charge on any atom is 0.243 e. The second kappa shape index (κ2) is 10.3. The fraction of sp³-hybridized carbons (Fsp3) is 0.409. The zero-order valence-electron chi connectivity index (χ0n) is 17.8. The van der Waals surface area contributed by atoms with Crippen LogP contribution in [-0.4, -0.2) is 45.4 Å². The fourth-order valence-electron chi connectivity index (χ4n) is 2.72. The maximum atomic E-state index is 13.3. The molecule has 0 saturated carbocycles. The van der Waals surface area contributed by atoms with Gasteiger partial charge in [-0.25, -0.2) is 8.42 Å². The van der Waals surface area contributed by atoms with Crippen LogP contribution in [-0.2, 0) is 21.2 Å². The molecule has 0 unspecified atom stereocenters. The SMILES string of the molecule is COc1ccc(S(=O)(=O)N(CCc2ccccc2)CC(=O)NCC(C)(C)C)cc1Cl. The van der Waals surface area contributed by atoms with Crippen LogP contribution < -0.4 is 10.1 Å². The first-order chi connectivity index (χ1) is 14.0. The van der Waals surface area contributed by atoms with Crippen LogP contribution in [0.1, 0.15) is 26.3 Å². The minimum Gasteiger partial charge on any atom is -0.495 e. The molecule has 0 aliphatic carbocycles. The van der Waals surface area contributed by atoms with E-state index in [1.807, 2.05) is 51.1 Å². The largest absolute Gasteiger partial charge is 0.495 e. The molecule has 0 heterocycles. The van der Waals surface area contributed by atoms with Crippen molar-refractivity contribution in [2.75, 3.05) is 26.7 Å². The van der Waals surface area contributed by atoms with E-state index in [0.29, 0.717) is 18.7 Å². The lowest BCUT2D eigenvalue weighted by atomic mass is 9.97. The molecular weight excluding hydrogens is 424 g/mol. The van der Waals surface area contributed by atoms with Crippen LogP contribution in [0.2, 0.25) is 5.02 Å². The number of nitrogens with one attached hydrogen (secondary N) is 1. The molecule has 8 heteroatoms. The summed E-state index contributed by atoms with van der Waals surface area (Å²) in [6, 6.07) is 13.8. The van der Waals surface area contributed by atoms with Gasteiger partial charge in [0.25, 0.3) is 0 Å². The number of benzene rings is 2. The summed E-state index contributed by atoms with van der Waals surface area (Å²) in [6.07, 6.45) is 0.483. The van der Waals surface area contributed by atoms with E-state index in [4.69, 9.17) is 16.3 Å². The zero-order chi connectivity index (χ0) is 22.4. The van der Waals surface area contributed by atoms with Gasteiger partial charge in [-0.05, 0) is 35.6 Å². The number of rotatable bonds is 9. The highest BCUT2D eigenvalue weighted by molar-refractivity contribution is 7.89. The van der Waals surface area contributed by atoms with Gasteiger partial charge in [-0.15, -0.1) is 0 Å². The average Bonchev–Trinajstić information content (AvgIpc) is 2.69. The highest BCUT2D eigenvalue weighted by Crippen LogP contribution is 2.28. The third-order valence-electron chi connectivity index (χ3n) is 4.39. The van der Waals surface area contributed by atoms with Crippen LogP contribution in [0.15, 0.2) is 53.4 Å². The first-order valence-electron chi connectivity index (χ1n) is 9.67. The third-order valence-corrected chi connectivity index (χ3v) is 6.53. The molecule has 0 saturated heterocycles. The average molecular weight is 453 g/mol. The molecule has 0 aromatic heterocycles. The van der Waals surface area contributed by atoms with Gasteiger partial charge in [0.1, 0.15) is 5.75 Å². The van der Waals surface area contributed by atoms with Gasteiger partial charge < -0.3 is 10.1 Å². The molecule has 164 valence electrons. The minimum atomic E-state index is -3.94. The fourth-order valence-corrected chi connectivity index (χ4v) is 4.47. The van der Waals surface area contributed by atoms with Gasteiger partial charge in [-0.3, -0.25) is 4.79 Å². The molecule has 2 rings (SSSR count).